The number of ether oxygens (including phenoxy) is 1. The Kier molecular flexibility index (Phi) is 4.39. The molecule has 1 aromatic heterocycles. The lowest BCUT2D eigenvalue weighted by atomic mass is 10.2. The molecule has 0 bridgehead atoms. The van der Waals surface area contributed by atoms with Crippen LogP contribution in [0.1, 0.15) is 17.3 Å². The Hall–Kier alpha value is -2.31. The van der Waals surface area contributed by atoms with E-state index in [1.165, 1.54) is 6.07 Å². The molecule has 2 rings (SSSR count). The van der Waals surface area contributed by atoms with E-state index < -0.39 is 5.97 Å². The molecule has 1 aliphatic heterocycles. The van der Waals surface area contributed by atoms with Crippen molar-refractivity contribution in [1.82, 2.24) is 9.88 Å². The molecule has 1 N–H and O–H groups in total. The molecule has 1 amide bonds. The molecule has 7 heteroatoms. The van der Waals surface area contributed by atoms with Crippen LogP contribution in [0.5, 0.6) is 0 Å². The van der Waals surface area contributed by atoms with Crippen molar-refractivity contribution < 1.29 is 19.4 Å². The van der Waals surface area contributed by atoms with Crippen LogP contribution in [0.2, 0.25) is 0 Å². The number of anilines is 1. The lowest BCUT2D eigenvalue weighted by Gasteiger charge is -2.35. The molecule has 20 heavy (non-hydrogen) atoms. The van der Waals surface area contributed by atoms with Gasteiger partial charge in [-0.3, -0.25) is 0 Å². The number of piperazine rings is 1. The number of amides is 1. The van der Waals surface area contributed by atoms with E-state index in [0.29, 0.717) is 38.6 Å². The molecule has 0 aromatic carbocycles. The topological polar surface area (TPSA) is 83.0 Å². The predicted molar refractivity (Wildman–Crippen MR) is 72.0 cm³/mol. The normalized spacial score (nSPS) is 15.1. The smallest absolute Gasteiger partial charge is 0.409 e. The molecule has 1 aromatic rings. The van der Waals surface area contributed by atoms with Gasteiger partial charge in [0.2, 0.25) is 0 Å². The third-order valence-corrected chi connectivity index (χ3v) is 3.12. The molecular weight excluding hydrogens is 262 g/mol. The summed E-state index contributed by atoms with van der Waals surface area (Å²) in [5, 5.41) is 9.16. The second-order valence-corrected chi connectivity index (χ2v) is 4.35. The fourth-order valence-corrected chi connectivity index (χ4v) is 2.13. The SMILES string of the molecule is CCOC(=O)N1CCN(c2ncccc2C(=O)O)CC1. The van der Waals surface area contributed by atoms with Crippen molar-refractivity contribution >= 4 is 17.9 Å². The zero-order valence-corrected chi connectivity index (χ0v) is 11.3. The fourth-order valence-electron chi connectivity index (χ4n) is 2.13. The highest BCUT2D eigenvalue weighted by atomic mass is 16.6. The van der Waals surface area contributed by atoms with E-state index in [4.69, 9.17) is 9.84 Å². The van der Waals surface area contributed by atoms with Crippen LogP contribution in [0.4, 0.5) is 10.6 Å². The van der Waals surface area contributed by atoms with Crippen LogP contribution in [0, 0.1) is 0 Å². The fraction of sp³-hybridized carbons (Fsp3) is 0.462. The molecule has 7 nitrogen and oxygen atoms in total. The van der Waals surface area contributed by atoms with Crippen LogP contribution in [0.3, 0.4) is 0 Å². The number of carboxylic acids is 1. The van der Waals surface area contributed by atoms with E-state index in [1.807, 2.05) is 4.90 Å². The quantitative estimate of drug-likeness (QED) is 0.890. The lowest BCUT2D eigenvalue weighted by molar-refractivity contribution is 0.0696. The molecule has 1 fully saturated rings. The summed E-state index contributed by atoms with van der Waals surface area (Å²) in [5.74, 6) is -0.551. The van der Waals surface area contributed by atoms with Crippen LogP contribution in [0.25, 0.3) is 0 Å². The van der Waals surface area contributed by atoms with Gasteiger partial charge in [-0.15, -0.1) is 0 Å². The molecule has 0 atom stereocenters. The first-order valence-electron chi connectivity index (χ1n) is 6.48. The summed E-state index contributed by atoms with van der Waals surface area (Å²) in [6.45, 7) is 4.18. The molecule has 0 unspecified atom stereocenters. The first kappa shape index (κ1) is 14.1. The van der Waals surface area contributed by atoms with E-state index in [1.54, 1.807) is 24.1 Å². The number of carbonyl (C=O) groups is 2. The minimum atomic E-state index is -0.999. The highest BCUT2D eigenvalue weighted by Crippen LogP contribution is 2.19. The van der Waals surface area contributed by atoms with Gasteiger partial charge in [-0.1, -0.05) is 0 Å². The maximum atomic E-state index is 11.6. The van der Waals surface area contributed by atoms with E-state index >= 15 is 0 Å². The molecule has 2 heterocycles. The summed E-state index contributed by atoms with van der Waals surface area (Å²) in [6.07, 6.45) is 1.24. The van der Waals surface area contributed by atoms with Gasteiger partial charge in [0.05, 0.1) is 6.61 Å². The second kappa shape index (κ2) is 6.23. The molecule has 1 aliphatic rings. The van der Waals surface area contributed by atoms with Gasteiger partial charge in [-0.2, -0.15) is 0 Å². The first-order valence-corrected chi connectivity index (χ1v) is 6.48. The number of pyridine rings is 1. The van der Waals surface area contributed by atoms with Crippen molar-refractivity contribution in [3.05, 3.63) is 23.9 Å². The molecular formula is C13H17N3O4. The van der Waals surface area contributed by atoms with E-state index in [9.17, 15) is 9.59 Å². The van der Waals surface area contributed by atoms with Crippen LogP contribution in [-0.4, -0.2) is 59.8 Å². The standard InChI is InChI=1S/C13H17N3O4/c1-2-20-13(19)16-8-6-15(7-9-16)11-10(12(17)18)4-3-5-14-11/h3-5H,2,6-9H2,1H3,(H,17,18). The summed E-state index contributed by atoms with van der Waals surface area (Å²) < 4.78 is 4.94. The van der Waals surface area contributed by atoms with Gasteiger partial charge in [-0.25, -0.2) is 14.6 Å². The van der Waals surface area contributed by atoms with E-state index in [0.717, 1.165) is 0 Å². The lowest BCUT2D eigenvalue weighted by Crippen LogP contribution is -2.49. The average Bonchev–Trinajstić information content (AvgIpc) is 2.47. The van der Waals surface area contributed by atoms with Crippen molar-refractivity contribution in [1.29, 1.82) is 0 Å². The van der Waals surface area contributed by atoms with Gasteiger partial charge in [0, 0.05) is 32.4 Å². The number of aromatic nitrogens is 1. The van der Waals surface area contributed by atoms with Gasteiger partial charge in [0.1, 0.15) is 11.4 Å². The summed E-state index contributed by atoms with van der Waals surface area (Å²) in [6, 6.07) is 3.13. The zero-order valence-electron chi connectivity index (χ0n) is 11.3. The number of hydrogen-bond acceptors (Lipinski definition) is 5. The Labute approximate surface area is 116 Å². The Bertz CT molecular complexity index is 498. The molecule has 0 radical (unpaired) electrons. The molecule has 108 valence electrons. The molecule has 0 aliphatic carbocycles. The third kappa shape index (κ3) is 2.98. The number of carbonyl (C=O) groups excluding carboxylic acids is 1. The van der Waals surface area contributed by atoms with Crippen LogP contribution >= 0.6 is 0 Å². The summed E-state index contributed by atoms with van der Waals surface area (Å²) in [5.41, 5.74) is 0.178. The van der Waals surface area contributed by atoms with Crippen LogP contribution < -0.4 is 4.90 Å². The van der Waals surface area contributed by atoms with Gasteiger partial charge >= 0.3 is 12.1 Å². The van der Waals surface area contributed by atoms with Crippen molar-refractivity contribution in [2.75, 3.05) is 37.7 Å². The minimum Gasteiger partial charge on any atom is -0.478 e. The highest BCUT2D eigenvalue weighted by Gasteiger charge is 2.25. The second-order valence-electron chi connectivity index (χ2n) is 4.35. The highest BCUT2D eigenvalue weighted by molar-refractivity contribution is 5.93. The summed E-state index contributed by atoms with van der Waals surface area (Å²) in [7, 11) is 0. The number of nitrogens with zero attached hydrogens (tertiary/aromatic N) is 3. The largest absolute Gasteiger partial charge is 0.478 e. The number of aromatic carboxylic acids is 1. The van der Waals surface area contributed by atoms with Crippen LogP contribution in [0.15, 0.2) is 18.3 Å². The Morgan fingerprint density at radius 3 is 2.65 bits per heavy atom. The zero-order chi connectivity index (χ0) is 14.5. The maximum absolute atomic E-state index is 11.6. The Morgan fingerprint density at radius 1 is 1.35 bits per heavy atom. The number of rotatable bonds is 3. The van der Waals surface area contributed by atoms with Crippen molar-refractivity contribution in [3.8, 4) is 0 Å². The summed E-state index contributed by atoms with van der Waals surface area (Å²) >= 11 is 0. The minimum absolute atomic E-state index is 0.178. The molecule has 1 saturated heterocycles. The van der Waals surface area contributed by atoms with Crippen molar-refractivity contribution in [2.24, 2.45) is 0 Å². The average molecular weight is 279 g/mol. The van der Waals surface area contributed by atoms with Gasteiger partial charge in [-0.05, 0) is 19.1 Å². The van der Waals surface area contributed by atoms with Gasteiger partial charge in [0.15, 0.2) is 0 Å². The first-order chi connectivity index (χ1) is 9.63. The predicted octanol–water partition coefficient (Wildman–Crippen LogP) is 1.06. The maximum Gasteiger partial charge on any atom is 0.409 e. The van der Waals surface area contributed by atoms with E-state index in [-0.39, 0.29) is 11.7 Å². The Balaban J connectivity index is 2.04. The van der Waals surface area contributed by atoms with Gasteiger partial charge in [0.25, 0.3) is 0 Å². The van der Waals surface area contributed by atoms with Crippen LogP contribution in [-0.2, 0) is 4.74 Å². The summed E-state index contributed by atoms with van der Waals surface area (Å²) in [4.78, 5) is 30.4. The molecule has 0 spiro atoms. The number of carboxylic acid groups (broad SMARTS) is 1. The molecule has 0 saturated carbocycles. The third-order valence-electron chi connectivity index (χ3n) is 3.12. The monoisotopic (exact) mass is 279 g/mol. The van der Waals surface area contributed by atoms with E-state index in [2.05, 4.69) is 4.98 Å². The van der Waals surface area contributed by atoms with Gasteiger partial charge < -0.3 is 19.6 Å². The van der Waals surface area contributed by atoms with Crippen molar-refractivity contribution in [2.45, 2.75) is 6.92 Å². The van der Waals surface area contributed by atoms with Crippen molar-refractivity contribution in [3.63, 3.8) is 0 Å². The number of hydrogen-bond donors (Lipinski definition) is 1. The Morgan fingerprint density at radius 2 is 2.05 bits per heavy atom.